The molecule has 1 aromatic rings. The number of ether oxygens (including phenoxy) is 1. The van der Waals surface area contributed by atoms with Crippen LogP contribution in [0.25, 0.3) is 0 Å². The maximum Gasteiger partial charge on any atom is 0.276 e. The van der Waals surface area contributed by atoms with Crippen LogP contribution in [0.4, 0.5) is 0 Å². The van der Waals surface area contributed by atoms with Crippen molar-refractivity contribution in [3.63, 3.8) is 0 Å². The monoisotopic (exact) mass is 290 g/mol. The van der Waals surface area contributed by atoms with Crippen LogP contribution in [0, 0.1) is 12.3 Å². The number of aryl methyl sites for hydroxylation is 1. The lowest BCUT2D eigenvalue weighted by molar-refractivity contribution is -0.145. The molecule has 0 aromatic carbocycles. The molecule has 1 saturated carbocycles. The van der Waals surface area contributed by atoms with Crippen LogP contribution in [0.1, 0.15) is 35.8 Å². The Hall–Kier alpha value is -1.82. The van der Waals surface area contributed by atoms with E-state index in [9.17, 15) is 14.7 Å². The second-order valence-corrected chi connectivity index (χ2v) is 6.51. The molecule has 0 bridgehead atoms. The number of hydrogen-bond acceptors (Lipinski definition) is 4. The van der Waals surface area contributed by atoms with E-state index in [2.05, 4.69) is 0 Å². The van der Waals surface area contributed by atoms with Crippen molar-refractivity contribution < 1.29 is 14.6 Å². The number of hydrogen-bond donors (Lipinski definition) is 1. The highest BCUT2D eigenvalue weighted by molar-refractivity contribution is 5.96. The van der Waals surface area contributed by atoms with E-state index in [4.69, 9.17) is 4.74 Å². The van der Waals surface area contributed by atoms with E-state index in [1.807, 2.05) is 6.92 Å². The van der Waals surface area contributed by atoms with E-state index in [0.29, 0.717) is 18.7 Å². The molecule has 6 heteroatoms. The lowest BCUT2D eigenvalue weighted by Gasteiger charge is -2.48. The number of carbonyl (C=O) groups excluding carboxylic acids is 1. The average molecular weight is 290 g/mol. The fraction of sp³-hybridized carbons (Fsp3) is 0.600. The summed E-state index contributed by atoms with van der Waals surface area (Å²) in [6, 6.07) is 0.0771. The Morgan fingerprint density at radius 3 is 2.76 bits per heavy atom. The van der Waals surface area contributed by atoms with Gasteiger partial charge in [-0.2, -0.15) is 0 Å². The maximum absolute atomic E-state index is 12.8. The third-order valence-electron chi connectivity index (χ3n) is 5.29. The second kappa shape index (κ2) is 3.88. The molecule has 3 heterocycles. The molecule has 4 rings (SSSR count). The summed E-state index contributed by atoms with van der Waals surface area (Å²) in [5.41, 5.74) is 0.129. The molecule has 1 saturated heterocycles. The molecule has 1 N–H and O–H groups in total. The first-order chi connectivity index (χ1) is 9.94. The number of carbonyl (C=O) groups is 1. The minimum atomic E-state index is -0.472. The maximum atomic E-state index is 12.8. The summed E-state index contributed by atoms with van der Waals surface area (Å²) in [6.07, 6.45) is 3.45. The van der Waals surface area contributed by atoms with Crippen LogP contribution in [0.3, 0.4) is 0 Å². The van der Waals surface area contributed by atoms with Crippen molar-refractivity contribution in [1.29, 1.82) is 0 Å². The van der Waals surface area contributed by atoms with E-state index >= 15 is 0 Å². The highest BCUT2D eigenvalue weighted by Crippen LogP contribution is 2.54. The van der Waals surface area contributed by atoms with Gasteiger partial charge in [0.25, 0.3) is 5.91 Å². The molecule has 3 aliphatic rings. The fourth-order valence-electron chi connectivity index (χ4n) is 3.62. The molecule has 2 fully saturated rings. The number of aromatic nitrogens is 1. The van der Waals surface area contributed by atoms with E-state index in [1.54, 1.807) is 22.6 Å². The highest BCUT2D eigenvalue weighted by atomic mass is 16.5. The first kappa shape index (κ1) is 12.9. The van der Waals surface area contributed by atoms with Gasteiger partial charge >= 0.3 is 0 Å². The largest absolute Gasteiger partial charge is 0.503 e. The minimum Gasteiger partial charge on any atom is -0.503 e. The van der Waals surface area contributed by atoms with Gasteiger partial charge in [0.05, 0.1) is 13.2 Å². The zero-order valence-corrected chi connectivity index (χ0v) is 12.1. The average Bonchev–Trinajstić information content (AvgIpc) is 3.21. The van der Waals surface area contributed by atoms with Crippen LogP contribution in [-0.2, 0) is 11.3 Å². The van der Waals surface area contributed by atoms with Crippen LogP contribution in [0.2, 0.25) is 0 Å². The number of amides is 1. The van der Waals surface area contributed by atoms with Gasteiger partial charge in [-0.25, -0.2) is 0 Å². The molecule has 2 atom stereocenters. The van der Waals surface area contributed by atoms with Crippen molar-refractivity contribution in [1.82, 2.24) is 9.47 Å². The number of rotatable bonds is 0. The first-order valence-corrected chi connectivity index (χ1v) is 7.32. The third kappa shape index (κ3) is 1.56. The van der Waals surface area contributed by atoms with Gasteiger partial charge < -0.3 is 19.3 Å². The summed E-state index contributed by atoms with van der Waals surface area (Å²) in [4.78, 5) is 26.4. The lowest BCUT2D eigenvalue weighted by Crippen LogP contribution is -2.60. The van der Waals surface area contributed by atoms with E-state index < -0.39 is 11.2 Å². The Balaban J connectivity index is 1.84. The van der Waals surface area contributed by atoms with E-state index in [0.717, 1.165) is 12.8 Å². The van der Waals surface area contributed by atoms with E-state index in [1.165, 1.54) is 0 Å². The van der Waals surface area contributed by atoms with Crippen LogP contribution in [0.5, 0.6) is 5.75 Å². The van der Waals surface area contributed by atoms with Crippen molar-refractivity contribution in [3.8, 4) is 5.75 Å². The summed E-state index contributed by atoms with van der Waals surface area (Å²) in [5.74, 6) is -0.750. The van der Waals surface area contributed by atoms with Gasteiger partial charge in [0.2, 0.25) is 5.43 Å². The Morgan fingerprint density at radius 1 is 1.38 bits per heavy atom. The number of pyridine rings is 1. The van der Waals surface area contributed by atoms with Crippen molar-refractivity contribution in [2.45, 2.75) is 45.5 Å². The summed E-state index contributed by atoms with van der Waals surface area (Å²) >= 11 is 0. The Kier molecular flexibility index (Phi) is 2.38. The quantitative estimate of drug-likeness (QED) is 0.768. The molecule has 1 aromatic heterocycles. The predicted molar refractivity (Wildman–Crippen MR) is 74.1 cm³/mol. The Bertz CT molecular complexity index is 704. The van der Waals surface area contributed by atoms with Crippen molar-refractivity contribution in [2.24, 2.45) is 5.41 Å². The summed E-state index contributed by atoms with van der Waals surface area (Å²) in [7, 11) is 0. The third-order valence-corrected chi connectivity index (χ3v) is 5.29. The molecule has 1 aliphatic carbocycles. The van der Waals surface area contributed by atoms with Crippen molar-refractivity contribution in [2.75, 3.05) is 6.61 Å². The molecule has 1 amide bonds. The normalized spacial score (nSPS) is 29.2. The van der Waals surface area contributed by atoms with Gasteiger partial charge in [0, 0.05) is 23.2 Å². The fourth-order valence-corrected chi connectivity index (χ4v) is 3.62. The van der Waals surface area contributed by atoms with Gasteiger partial charge in [0.15, 0.2) is 17.7 Å². The highest BCUT2D eigenvalue weighted by Gasteiger charge is 2.57. The number of fused-ring (bicyclic) bond motifs is 2. The van der Waals surface area contributed by atoms with Gasteiger partial charge in [-0.15, -0.1) is 0 Å². The molecule has 21 heavy (non-hydrogen) atoms. The lowest BCUT2D eigenvalue weighted by atomic mass is 9.93. The molecule has 0 radical (unpaired) electrons. The van der Waals surface area contributed by atoms with Gasteiger partial charge in [-0.05, 0) is 26.7 Å². The second-order valence-electron chi connectivity index (χ2n) is 6.51. The Morgan fingerprint density at radius 2 is 2.10 bits per heavy atom. The van der Waals surface area contributed by atoms with Crippen molar-refractivity contribution >= 4 is 5.91 Å². The van der Waals surface area contributed by atoms with Crippen LogP contribution < -0.4 is 5.43 Å². The standard InChI is InChI=1S/C15H18N2O4/c1-8-5-16-6-10-17(9(2)15(3-4-15)7-21-10)14(20)11(16)13(19)12(8)18/h5,9-10,19H,3-4,6-7H2,1-2H3/t9-,10+/m1/s1. The summed E-state index contributed by atoms with van der Waals surface area (Å²) in [6.45, 7) is 4.81. The first-order valence-electron chi connectivity index (χ1n) is 7.32. The summed E-state index contributed by atoms with van der Waals surface area (Å²) < 4.78 is 7.54. The number of aromatic hydroxyl groups is 1. The van der Waals surface area contributed by atoms with Crippen LogP contribution >= 0.6 is 0 Å². The molecule has 1 spiro atoms. The molecule has 112 valence electrons. The number of nitrogens with zero attached hydrogens (tertiary/aromatic N) is 2. The van der Waals surface area contributed by atoms with Crippen LogP contribution in [0.15, 0.2) is 11.0 Å². The zero-order chi connectivity index (χ0) is 14.9. The molecular weight excluding hydrogens is 272 g/mol. The van der Waals surface area contributed by atoms with E-state index in [-0.39, 0.29) is 29.3 Å². The zero-order valence-electron chi connectivity index (χ0n) is 12.1. The summed E-state index contributed by atoms with van der Waals surface area (Å²) in [5, 5.41) is 10.1. The SMILES string of the molecule is Cc1cn2c(c(O)c1=O)C(=O)N1[C@H](C2)OCC2(CC2)[C@H]1C. The smallest absolute Gasteiger partial charge is 0.276 e. The van der Waals surface area contributed by atoms with Crippen LogP contribution in [-0.4, -0.2) is 39.4 Å². The Labute approximate surface area is 121 Å². The molecular formula is C15H18N2O4. The minimum absolute atomic E-state index is 0.0771. The van der Waals surface area contributed by atoms with Gasteiger partial charge in [-0.1, -0.05) is 0 Å². The van der Waals surface area contributed by atoms with Crippen molar-refractivity contribution in [3.05, 3.63) is 27.7 Å². The molecule has 6 nitrogen and oxygen atoms in total. The molecule has 0 unspecified atom stereocenters. The van der Waals surface area contributed by atoms with Gasteiger partial charge in [0.1, 0.15) is 0 Å². The topological polar surface area (TPSA) is 71.8 Å². The molecule has 2 aliphatic heterocycles. The van der Waals surface area contributed by atoms with Gasteiger partial charge in [-0.3, -0.25) is 9.59 Å². The predicted octanol–water partition coefficient (Wildman–Crippen LogP) is 0.843.